The zero-order chi connectivity index (χ0) is 13.9. The molecule has 0 aliphatic rings. The fourth-order valence-electron chi connectivity index (χ4n) is 1.66. The maximum absolute atomic E-state index is 12.8. The minimum atomic E-state index is -4.35. The minimum Gasteiger partial charge on any atom is -0.507 e. The Kier molecular flexibility index (Phi) is 4.04. The molecule has 0 saturated carbocycles. The summed E-state index contributed by atoms with van der Waals surface area (Å²) < 4.78 is 38.4. The monoisotopic (exact) mass is 284 g/mol. The van der Waals surface area contributed by atoms with Gasteiger partial charge in [0.1, 0.15) is 5.75 Å². The molecular formula is C14H11F3OS. The number of phenols is 1. The lowest BCUT2D eigenvalue weighted by Gasteiger charge is -2.12. The van der Waals surface area contributed by atoms with Crippen LogP contribution in [0.4, 0.5) is 13.2 Å². The van der Waals surface area contributed by atoms with Gasteiger partial charge in [-0.25, -0.2) is 0 Å². The molecule has 0 fully saturated rings. The molecule has 1 nitrogen and oxygen atoms in total. The van der Waals surface area contributed by atoms with Crippen molar-refractivity contribution in [3.63, 3.8) is 0 Å². The highest BCUT2D eigenvalue weighted by atomic mass is 32.2. The van der Waals surface area contributed by atoms with E-state index in [0.717, 1.165) is 6.07 Å². The Morgan fingerprint density at radius 3 is 2.26 bits per heavy atom. The van der Waals surface area contributed by atoms with Crippen molar-refractivity contribution >= 4 is 11.8 Å². The van der Waals surface area contributed by atoms with Crippen LogP contribution < -0.4 is 0 Å². The zero-order valence-corrected chi connectivity index (χ0v) is 10.6. The van der Waals surface area contributed by atoms with Crippen LogP contribution in [0.1, 0.15) is 11.1 Å². The molecule has 2 aromatic rings. The number of halogens is 3. The van der Waals surface area contributed by atoms with Crippen molar-refractivity contribution in [1.29, 1.82) is 0 Å². The predicted octanol–water partition coefficient (Wildman–Crippen LogP) is 4.70. The standard InChI is InChI=1S/C14H11F3OS/c15-14(16,17)11-6-2-1-5-10(11)9-19-13-8-4-3-7-12(13)18/h1-8,18H,9H2. The normalized spacial score (nSPS) is 11.5. The highest BCUT2D eigenvalue weighted by Crippen LogP contribution is 2.36. The van der Waals surface area contributed by atoms with Crippen molar-refractivity contribution in [3.8, 4) is 5.75 Å². The van der Waals surface area contributed by atoms with Gasteiger partial charge in [0.05, 0.1) is 5.56 Å². The van der Waals surface area contributed by atoms with E-state index in [4.69, 9.17) is 0 Å². The van der Waals surface area contributed by atoms with Crippen LogP contribution in [0, 0.1) is 0 Å². The summed E-state index contributed by atoms with van der Waals surface area (Å²) in [5.41, 5.74) is -0.416. The first-order valence-electron chi connectivity index (χ1n) is 5.54. The Bertz CT molecular complexity index is 567. The van der Waals surface area contributed by atoms with Gasteiger partial charge in [0.15, 0.2) is 0 Å². The molecule has 0 aliphatic heterocycles. The van der Waals surface area contributed by atoms with Crippen molar-refractivity contribution in [2.45, 2.75) is 16.8 Å². The average molecular weight is 284 g/mol. The van der Waals surface area contributed by atoms with Crippen LogP contribution in [0.2, 0.25) is 0 Å². The van der Waals surface area contributed by atoms with E-state index in [0.29, 0.717) is 4.90 Å². The van der Waals surface area contributed by atoms with E-state index >= 15 is 0 Å². The molecule has 19 heavy (non-hydrogen) atoms. The van der Waals surface area contributed by atoms with E-state index in [-0.39, 0.29) is 17.1 Å². The Morgan fingerprint density at radius 2 is 1.58 bits per heavy atom. The predicted molar refractivity (Wildman–Crippen MR) is 69.1 cm³/mol. The van der Waals surface area contributed by atoms with Crippen LogP contribution in [0.15, 0.2) is 53.4 Å². The van der Waals surface area contributed by atoms with Gasteiger partial charge in [0.25, 0.3) is 0 Å². The third kappa shape index (κ3) is 3.44. The third-order valence-electron chi connectivity index (χ3n) is 2.57. The number of benzene rings is 2. The van der Waals surface area contributed by atoms with Gasteiger partial charge in [0, 0.05) is 10.6 Å². The van der Waals surface area contributed by atoms with Crippen LogP contribution in [-0.4, -0.2) is 5.11 Å². The summed E-state index contributed by atoms with van der Waals surface area (Å²) in [7, 11) is 0. The minimum absolute atomic E-state index is 0.0805. The molecule has 0 unspecified atom stereocenters. The van der Waals surface area contributed by atoms with Gasteiger partial charge in [-0.3, -0.25) is 0 Å². The van der Waals surface area contributed by atoms with E-state index in [9.17, 15) is 18.3 Å². The summed E-state index contributed by atoms with van der Waals surface area (Å²) in [5.74, 6) is 0.241. The Morgan fingerprint density at radius 1 is 0.947 bits per heavy atom. The van der Waals surface area contributed by atoms with Crippen LogP contribution in [0.3, 0.4) is 0 Å². The molecule has 0 bridgehead atoms. The van der Waals surface area contributed by atoms with Crippen molar-refractivity contribution in [3.05, 3.63) is 59.7 Å². The van der Waals surface area contributed by atoms with Gasteiger partial charge in [-0.2, -0.15) is 13.2 Å². The topological polar surface area (TPSA) is 20.2 Å². The Balaban J connectivity index is 2.19. The molecule has 0 saturated heterocycles. The summed E-state index contributed by atoms with van der Waals surface area (Å²) in [5, 5.41) is 9.57. The fraction of sp³-hybridized carbons (Fsp3) is 0.143. The van der Waals surface area contributed by atoms with Gasteiger partial charge < -0.3 is 5.11 Å². The number of thioether (sulfide) groups is 1. The van der Waals surface area contributed by atoms with Gasteiger partial charge in [-0.05, 0) is 23.8 Å². The van der Waals surface area contributed by atoms with Crippen molar-refractivity contribution < 1.29 is 18.3 Å². The first-order valence-corrected chi connectivity index (χ1v) is 6.53. The van der Waals surface area contributed by atoms with Crippen LogP contribution in [0.5, 0.6) is 5.75 Å². The second kappa shape index (κ2) is 5.57. The van der Waals surface area contributed by atoms with Gasteiger partial charge >= 0.3 is 6.18 Å². The SMILES string of the molecule is Oc1ccccc1SCc1ccccc1C(F)(F)F. The summed E-state index contributed by atoms with van der Waals surface area (Å²) in [4.78, 5) is 0.569. The molecule has 0 aromatic heterocycles. The molecule has 0 radical (unpaired) electrons. The molecule has 0 amide bonds. The molecule has 2 rings (SSSR count). The van der Waals surface area contributed by atoms with Crippen molar-refractivity contribution in [1.82, 2.24) is 0 Å². The summed E-state index contributed by atoms with van der Waals surface area (Å²) in [6, 6.07) is 12.1. The van der Waals surface area contributed by atoms with E-state index < -0.39 is 11.7 Å². The highest BCUT2D eigenvalue weighted by molar-refractivity contribution is 7.98. The molecule has 2 aromatic carbocycles. The maximum Gasteiger partial charge on any atom is 0.416 e. The second-order valence-electron chi connectivity index (χ2n) is 3.91. The first-order chi connectivity index (χ1) is 8.98. The fourth-order valence-corrected chi connectivity index (χ4v) is 2.61. The molecule has 0 aliphatic carbocycles. The largest absolute Gasteiger partial charge is 0.507 e. The average Bonchev–Trinajstić information content (AvgIpc) is 2.37. The molecular weight excluding hydrogens is 273 g/mol. The lowest BCUT2D eigenvalue weighted by Crippen LogP contribution is -2.08. The molecule has 0 heterocycles. The Hall–Kier alpha value is -1.62. The zero-order valence-electron chi connectivity index (χ0n) is 9.82. The molecule has 5 heteroatoms. The third-order valence-corrected chi connectivity index (χ3v) is 3.68. The number of hydrogen-bond donors (Lipinski definition) is 1. The van der Waals surface area contributed by atoms with Gasteiger partial charge in [-0.15, -0.1) is 11.8 Å². The quantitative estimate of drug-likeness (QED) is 0.824. The summed E-state index contributed by atoms with van der Waals surface area (Å²) >= 11 is 1.18. The highest BCUT2D eigenvalue weighted by Gasteiger charge is 2.32. The van der Waals surface area contributed by atoms with Gasteiger partial charge in [0.2, 0.25) is 0 Å². The number of alkyl halides is 3. The van der Waals surface area contributed by atoms with Crippen LogP contribution in [0.25, 0.3) is 0 Å². The molecule has 0 atom stereocenters. The van der Waals surface area contributed by atoms with E-state index in [2.05, 4.69) is 0 Å². The van der Waals surface area contributed by atoms with E-state index in [1.165, 1.54) is 30.0 Å². The number of phenolic OH excluding ortho intramolecular Hbond substituents is 1. The maximum atomic E-state index is 12.8. The van der Waals surface area contributed by atoms with Crippen molar-refractivity contribution in [2.24, 2.45) is 0 Å². The Labute approximate surface area is 113 Å². The van der Waals surface area contributed by atoms with Crippen LogP contribution >= 0.6 is 11.8 Å². The van der Waals surface area contributed by atoms with E-state index in [1.54, 1.807) is 24.3 Å². The van der Waals surface area contributed by atoms with Crippen molar-refractivity contribution in [2.75, 3.05) is 0 Å². The number of aromatic hydroxyl groups is 1. The second-order valence-corrected chi connectivity index (χ2v) is 4.93. The lowest BCUT2D eigenvalue weighted by molar-refractivity contribution is -0.138. The van der Waals surface area contributed by atoms with Crippen LogP contribution in [-0.2, 0) is 11.9 Å². The number of para-hydroxylation sites is 1. The molecule has 0 spiro atoms. The van der Waals surface area contributed by atoms with Gasteiger partial charge in [-0.1, -0.05) is 30.3 Å². The summed E-state index contributed by atoms with van der Waals surface area (Å²) in [6.07, 6.45) is -4.35. The first kappa shape index (κ1) is 13.8. The smallest absolute Gasteiger partial charge is 0.416 e. The van der Waals surface area contributed by atoms with E-state index in [1.807, 2.05) is 0 Å². The molecule has 1 N–H and O–H groups in total. The number of hydrogen-bond acceptors (Lipinski definition) is 2. The number of rotatable bonds is 3. The molecule has 100 valence electrons. The summed E-state index contributed by atoms with van der Waals surface area (Å²) in [6.45, 7) is 0. The lowest BCUT2D eigenvalue weighted by atomic mass is 10.1.